The predicted octanol–water partition coefficient (Wildman–Crippen LogP) is 2.75. The van der Waals surface area contributed by atoms with E-state index in [2.05, 4.69) is 40.7 Å². The average molecular weight is 273 g/mol. The molecule has 2 heterocycles. The molecule has 0 aliphatic carbocycles. The number of thioether (sulfide) groups is 1. The molecule has 2 aromatic rings. The van der Waals surface area contributed by atoms with E-state index < -0.39 is 0 Å². The zero-order chi connectivity index (χ0) is 13.2. The van der Waals surface area contributed by atoms with Crippen LogP contribution in [0.4, 0.5) is 5.82 Å². The number of aromatic nitrogens is 1. The Bertz CT molecular complexity index is 585. The number of rotatable bonds is 2. The fraction of sp³-hybridized carbons (Fsp3) is 0.400. The third-order valence-corrected chi connectivity index (χ3v) is 4.69. The zero-order valence-corrected chi connectivity index (χ0v) is 12.0. The van der Waals surface area contributed by atoms with Crippen molar-refractivity contribution in [3.63, 3.8) is 0 Å². The van der Waals surface area contributed by atoms with Gasteiger partial charge in [-0.2, -0.15) is 11.8 Å². The molecular formula is C15H19N3S. The van der Waals surface area contributed by atoms with Gasteiger partial charge in [-0.3, -0.25) is 4.90 Å². The largest absolute Gasteiger partial charge is 0.383 e. The van der Waals surface area contributed by atoms with Gasteiger partial charge >= 0.3 is 0 Å². The van der Waals surface area contributed by atoms with E-state index in [1.54, 1.807) is 0 Å². The molecule has 0 amide bonds. The normalized spacial score (nSPS) is 20.8. The summed E-state index contributed by atoms with van der Waals surface area (Å²) in [5.41, 5.74) is 8.22. The quantitative estimate of drug-likeness (QED) is 0.913. The predicted molar refractivity (Wildman–Crippen MR) is 83.4 cm³/mol. The number of nitrogens with two attached hydrogens (primary N) is 1. The van der Waals surface area contributed by atoms with Crippen molar-refractivity contribution in [2.45, 2.75) is 18.7 Å². The first kappa shape index (κ1) is 12.8. The number of nitrogens with zero attached hydrogens (tertiary/aromatic N) is 2. The van der Waals surface area contributed by atoms with Gasteiger partial charge in [0.05, 0.1) is 5.52 Å². The third-order valence-electron chi connectivity index (χ3n) is 3.56. The highest BCUT2D eigenvalue weighted by atomic mass is 32.2. The molecule has 1 unspecified atom stereocenters. The topological polar surface area (TPSA) is 42.2 Å². The molecule has 3 nitrogen and oxygen atoms in total. The van der Waals surface area contributed by atoms with Gasteiger partial charge in [-0.05, 0) is 12.1 Å². The van der Waals surface area contributed by atoms with E-state index in [0.717, 1.165) is 30.7 Å². The van der Waals surface area contributed by atoms with Crippen LogP contribution in [0.2, 0.25) is 0 Å². The number of nitrogen functional groups attached to an aromatic ring is 1. The maximum Gasteiger partial charge on any atom is 0.128 e. The van der Waals surface area contributed by atoms with Crippen LogP contribution in [0.25, 0.3) is 10.9 Å². The van der Waals surface area contributed by atoms with Crippen molar-refractivity contribution in [1.82, 2.24) is 9.88 Å². The molecule has 1 atom stereocenters. The number of benzene rings is 1. The minimum Gasteiger partial charge on any atom is -0.383 e. The van der Waals surface area contributed by atoms with E-state index in [-0.39, 0.29) is 0 Å². The molecule has 3 rings (SSSR count). The Balaban J connectivity index is 1.85. The molecule has 1 aromatic carbocycles. The van der Waals surface area contributed by atoms with Gasteiger partial charge in [0.2, 0.25) is 0 Å². The van der Waals surface area contributed by atoms with Crippen LogP contribution in [0.1, 0.15) is 12.5 Å². The fourth-order valence-electron chi connectivity index (χ4n) is 2.58. The number of pyridine rings is 1. The molecule has 1 fully saturated rings. The molecule has 100 valence electrons. The van der Waals surface area contributed by atoms with E-state index in [0.29, 0.717) is 11.1 Å². The van der Waals surface area contributed by atoms with E-state index in [9.17, 15) is 0 Å². The summed E-state index contributed by atoms with van der Waals surface area (Å²) >= 11 is 2.05. The minimum absolute atomic E-state index is 0.671. The lowest BCUT2D eigenvalue weighted by Crippen LogP contribution is -2.36. The summed E-state index contributed by atoms with van der Waals surface area (Å²) in [6.45, 7) is 5.48. The van der Waals surface area contributed by atoms with Gasteiger partial charge in [0.15, 0.2) is 0 Å². The summed E-state index contributed by atoms with van der Waals surface area (Å²) in [6, 6.07) is 10.3. The molecule has 0 radical (unpaired) electrons. The number of hydrogen-bond acceptors (Lipinski definition) is 4. The molecule has 19 heavy (non-hydrogen) atoms. The molecule has 2 N–H and O–H groups in total. The van der Waals surface area contributed by atoms with Crippen LogP contribution in [0.5, 0.6) is 0 Å². The van der Waals surface area contributed by atoms with Gasteiger partial charge in [0.25, 0.3) is 0 Å². The van der Waals surface area contributed by atoms with Crippen molar-refractivity contribution in [3.8, 4) is 0 Å². The van der Waals surface area contributed by atoms with Crippen LogP contribution in [0.3, 0.4) is 0 Å². The first-order valence-electron chi connectivity index (χ1n) is 6.70. The van der Waals surface area contributed by atoms with E-state index >= 15 is 0 Å². The highest BCUT2D eigenvalue weighted by Crippen LogP contribution is 2.23. The Morgan fingerprint density at radius 3 is 3.11 bits per heavy atom. The first-order valence-corrected chi connectivity index (χ1v) is 7.75. The van der Waals surface area contributed by atoms with Crippen LogP contribution < -0.4 is 5.73 Å². The van der Waals surface area contributed by atoms with Gasteiger partial charge in [-0.1, -0.05) is 25.1 Å². The lowest BCUT2D eigenvalue weighted by molar-refractivity contribution is 0.279. The van der Waals surface area contributed by atoms with Crippen molar-refractivity contribution in [3.05, 3.63) is 35.9 Å². The van der Waals surface area contributed by atoms with Gasteiger partial charge in [0.1, 0.15) is 5.82 Å². The molecule has 1 aliphatic heterocycles. The van der Waals surface area contributed by atoms with Crippen molar-refractivity contribution < 1.29 is 0 Å². The van der Waals surface area contributed by atoms with Gasteiger partial charge in [-0.15, -0.1) is 0 Å². The van der Waals surface area contributed by atoms with E-state index in [4.69, 9.17) is 5.73 Å². The van der Waals surface area contributed by atoms with Crippen molar-refractivity contribution in [1.29, 1.82) is 0 Å². The number of fused-ring (bicyclic) bond motifs is 1. The lowest BCUT2D eigenvalue weighted by Gasteiger charge is -2.30. The van der Waals surface area contributed by atoms with Crippen LogP contribution in [0, 0.1) is 0 Å². The number of anilines is 1. The highest BCUT2D eigenvalue weighted by molar-refractivity contribution is 7.99. The summed E-state index contributed by atoms with van der Waals surface area (Å²) in [4.78, 5) is 6.98. The molecule has 0 spiro atoms. The Morgan fingerprint density at radius 2 is 2.26 bits per heavy atom. The second kappa shape index (κ2) is 5.39. The van der Waals surface area contributed by atoms with Crippen molar-refractivity contribution in [2.75, 3.05) is 24.6 Å². The molecular weight excluding hydrogens is 254 g/mol. The Kier molecular flexibility index (Phi) is 3.62. The SMILES string of the molecule is CC1CN(Cc2cc3ccccc3nc2N)CCS1. The smallest absolute Gasteiger partial charge is 0.128 e. The molecule has 1 saturated heterocycles. The monoisotopic (exact) mass is 273 g/mol. The fourth-order valence-corrected chi connectivity index (χ4v) is 3.66. The van der Waals surface area contributed by atoms with Gasteiger partial charge in [-0.25, -0.2) is 4.98 Å². The molecule has 0 bridgehead atoms. The molecule has 0 saturated carbocycles. The van der Waals surface area contributed by atoms with E-state index in [1.165, 1.54) is 11.1 Å². The van der Waals surface area contributed by atoms with Crippen LogP contribution in [0.15, 0.2) is 30.3 Å². The third kappa shape index (κ3) is 2.85. The van der Waals surface area contributed by atoms with Crippen molar-refractivity contribution >= 4 is 28.5 Å². The lowest BCUT2D eigenvalue weighted by atomic mass is 10.1. The highest BCUT2D eigenvalue weighted by Gasteiger charge is 2.17. The molecule has 1 aromatic heterocycles. The standard InChI is InChI=1S/C15H19N3S/c1-11-9-18(6-7-19-11)10-13-8-12-4-2-3-5-14(12)17-15(13)16/h2-5,8,11H,6-7,9-10H2,1H3,(H2,16,17). The van der Waals surface area contributed by atoms with Gasteiger partial charge < -0.3 is 5.73 Å². The second-order valence-corrected chi connectivity index (χ2v) is 6.69. The zero-order valence-electron chi connectivity index (χ0n) is 11.2. The Labute approximate surface area is 118 Å². The van der Waals surface area contributed by atoms with Crippen molar-refractivity contribution in [2.24, 2.45) is 0 Å². The maximum atomic E-state index is 6.10. The maximum absolute atomic E-state index is 6.10. The average Bonchev–Trinajstić information content (AvgIpc) is 2.40. The summed E-state index contributed by atoms with van der Waals surface area (Å²) in [5, 5.41) is 1.88. The van der Waals surface area contributed by atoms with Crippen LogP contribution in [-0.4, -0.2) is 34.0 Å². The van der Waals surface area contributed by atoms with E-state index in [1.807, 2.05) is 18.2 Å². The summed E-state index contributed by atoms with van der Waals surface area (Å²) < 4.78 is 0. The Hall–Kier alpha value is -1.26. The number of para-hydroxylation sites is 1. The molecule has 1 aliphatic rings. The Morgan fingerprint density at radius 1 is 1.42 bits per heavy atom. The molecule has 4 heteroatoms. The summed E-state index contributed by atoms with van der Waals surface area (Å²) in [6.07, 6.45) is 0. The van der Waals surface area contributed by atoms with Gasteiger partial charge in [0, 0.05) is 41.6 Å². The first-order chi connectivity index (χ1) is 9.22. The van der Waals surface area contributed by atoms with Crippen LogP contribution >= 0.6 is 11.8 Å². The second-order valence-electron chi connectivity index (χ2n) is 5.14. The minimum atomic E-state index is 0.671. The van der Waals surface area contributed by atoms with Crippen LogP contribution in [-0.2, 0) is 6.54 Å². The number of hydrogen-bond donors (Lipinski definition) is 1. The summed E-state index contributed by atoms with van der Waals surface area (Å²) in [7, 11) is 0. The summed E-state index contributed by atoms with van der Waals surface area (Å²) in [5.74, 6) is 1.88.